The van der Waals surface area contributed by atoms with Crippen LogP contribution in [-0.4, -0.2) is 31.3 Å². The van der Waals surface area contributed by atoms with E-state index in [0.717, 1.165) is 17.7 Å². The van der Waals surface area contributed by atoms with Crippen LogP contribution in [0.1, 0.15) is 37.4 Å². The SMILES string of the molecule is CCCSc1nc2n(n1)C(c1cccc([N+](=O)[O-])c1)C(C(=O)Nc1ccc(C)cc1)=C(C)N2. The third-order valence-corrected chi connectivity index (χ3v) is 6.26. The number of nitro groups is 1. The van der Waals surface area contributed by atoms with Crippen LogP contribution < -0.4 is 10.6 Å². The molecule has 0 aliphatic carbocycles. The van der Waals surface area contributed by atoms with E-state index in [4.69, 9.17) is 0 Å². The summed E-state index contributed by atoms with van der Waals surface area (Å²) in [5.74, 6) is 1.04. The Kier molecular flexibility index (Phi) is 6.45. The van der Waals surface area contributed by atoms with Crippen LogP contribution in [0.15, 0.2) is 65.0 Å². The van der Waals surface area contributed by atoms with Crippen molar-refractivity contribution in [3.05, 3.63) is 81.0 Å². The van der Waals surface area contributed by atoms with Gasteiger partial charge in [-0.05, 0) is 38.0 Å². The molecule has 2 heterocycles. The molecule has 1 unspecified atom stereocenters. The van der Waals surface area contributed by atoms with Crippen LogP contribution in [0.25, 0.3) is 0 Å². The molecule has 0 radical (unpaired) electrons. The van der Waals surface area contributed by atoms with Crippen LogP contribution in [0.2, 0.25) is 0 Å². The van der Waals surface area contributed by atoms with E-state index in [1.54, 1.807) is 23.7 Å². The molecule has 0 fully saturated rings. The Bertz CT molecular complexity index is 1240. The van der Waals surface area contributed by atoms with Gasteiger partial charge in [0.2, 0.25) is 11.1 Å². The molecule has 0 saturated carbocycles. The number of rotatable bonds is 7. The molecule has 0 spiro atoms. The zero-order valence-corrected chi connectivity index (χ0v) is 19.3. The normalized spacial score (nSPS) is 15.1. The predicted octanol–water partition coefficient (Wildman–Crippen LogP) is 4.92. The molecule has 0 saturated heterocycles. The van der Waals surface area contributed by atoms with Crippen molar-refractivity contribution in [2.24, 2.45) is 0 Å². The third-order valence-electron chi connectivity index (χ3n) is 5.22. The Morgan fingerprint density at radius 2 is 2.00 bits per heavy atom. The number of nitrogens with zero attached hydrogens (tertiary/aromatic N) is 4. The van der Waals surface area contributed by atoms with Crippen LogP contribution in [0, 0.1) is 17.0 Å². The number of benzene rings is 2. The number of fused-ring (bicyclic) bond motifs is 1. The first-order valence-corrected chi connectivity index (χ1v) is 11.6. The zero-order valence-electron chi connectivity index (χ0n) is 18.5. The molecule has 2 aromatic carbocycles. The van der Waals surface area contributed by atoms with E-state index in [2.05, 4.69) is 27.6 Å². The lowest BCUT2D eigenvalue weighted by molar-refractivity contribution is -0.384. The summed E-state index contributed by atoms with van der Waals surface area (Å²) in [6, 6.07) is 13.1. The van der Waals surface area contributed by atoms with Gasteiger partial charge in [0, 0.05) is 29.3 Å². The number of nitrogens with one attached hydrogen (secondary N) is 2. The van der Waals surface area contributed by atoms with Gasteiger partial charge in [0.15, 0.2) is 0 Å². The van der Waals surface area contributed by atoms with Crippen LogP contribution in [0.5, 0.6) is 0 Å². The summed E-state index contributed by atoms with van der Waals surface area (Å²) in [5.41, 5.74) is 3.30. The van der Waals surface area contributed by atoms with Crippen LogP contribution in [-0.2, 0) is 4.79 Å². The van der Waals surface area contributed by atoms with Gasteiger partial charge in [-0.2, -0.15) is 4.98 Å². The molecule has 1 aliphatic rings. The smallest absolute Gasteiger partial charge is 0.269 e. The van der Waals surface area contributed by atoms with Gasteiger partial charge in [-0.15, -0.1) is 5.10 Å². The fourth-order valence-corrected chi connectivity index (χ4v) is 4.32. The number of aromatic nitrogens is 3. The quantitative estimate of drug-likeness (QED) is 0.289. The zero-order chi connectivity index (χ0) is 23.5. The van der Waals surface area contributed by atoms with E-state index in [0.29, 0.717) is 33.6 Å². The molecule has 1 amide bonds. The second-order valence-corrected chi connectivity index (χ2v) is 8.81. The number of nitro benzene ring substituents is 1. The predicted molar refractivity (Wildman–Crippen MR) is 128 cm³/mol. The number of thioether (sulfide) groups is 1. The van der Waals surface area contributed by atoms with E-state index in [1.807, 2.05) is 31.2 Å². The van der Waals surface area contributed by atoms with Gasteiger partial charge >= 0.3 is 0 Å². The van der Waals surface area contributed by atoms with E-state index in [1.165, 1.54) is 23.9 Å². The summed E-state index contributed by atoms with van der Waals surface area (Å²) in [6.45, 7) is 5.85. The van der Waals surface area contributed by atoms with E-state index >= 15 is 0 Å². The first-order valence-electron chi connectivity index (χ1n) is 10.6. The number of non-ortho nitro benzene ring substituents is 1. The number of carbonyl (C=O) groups excluding carboxylic acids is 1. The van der Waals surface area contributed by atoms with Crippen molar-refractivity contribution >= 4 is 35.0 Å². The van der Waals surface area contributed by atoms with Gasteiger partial charge < -0.3 is 10.6 Å². The van der Waals surface area contributed by atoms with Gasteiger partial charge in [0.05, 0.1) is 10.5 Å². The van der Waals surface area contributed by atoms with Gasteiger partial charge in [-0.1, -0.05) is 48.5 Å². The molecule has 10 heteroatoms. The van der Waals surface area contributed by atoms with Crippen LogP contribution in [0.3, 0.4) is 0 Å². The van der Waals surface area contributed by atoms with Crippen molar-refractivity contribution in [3.8, 4) is 0 Å². The van der Waals surface area contributed by atoms with Gasteiger partial charge in [-0.25, -0.2) is 4.68 Å². The summed E-state index contributed by atoms with van der Waals surface area (Å²) >= 11 is 1.52. The monoisotopic (exact) mass is 464 g/mol. The lowest BCUT2D eigenvalue weighted by Crippen LogP contribution is -2.31. The average Bonchev–Trinajstić information content (AvgIpc) is 3.20. The number of hydrogen-bond acceptors (Lipinski definition) is 7. The van der Waals surface area contributed by atoms with Crippen molar-refractivity contribution in [2.45, 2.75) is 38.4 Å². The fraction of sp³-hybridized carbons (Fsp3) is 0.261. The number of anilines is 2. The minimum Gasteiger partial charge on any atom is -0.328 e. The Morgan fingerprint density at radius 3 is 2.70 bits per heavy atom. The molecular formula is C23H24N6O3S. The molecule has 9 nitrogen and oxygen atoms in total. The molecule has 1 atom stereocenters. The molecule has 1 aromatic heterocycles. The summed E-state index contributed by atoms with van der Waals surface area (Å²) in [7, 11) is 0. The minimum atomic E-state index is -0.671. The summed E-state index contributed by atoms with van der Waals surface area (Å²) < 4.78 is 1.63. The standard InChI is InChI=1S/C23H24N6O3S/c1-4-12-33-23-26-22-24-15(3)19(21(30)25-17-10-8-14(2)9-11-17)20(28(22)27-23)16-6-5-7-18(13-16)29(31)32/h5-11,13,20H,4,12H2,1-3H3,(H,25,30)(H,24,26,27). The lowest BCUT2D eigenvalue weighted by atomic mass is 9.94. The highest BCUT2D eigenvalue weighted by molar-refractivity contribution is 7.99. The lowest BCUT2D eigenvalue weighted by Gasteiger charge is -2.28. The number of aryl methyl sites for hydroxylation is 1. The second-order valence-electron chi connectivity index (χ2n) is 7.75. The van der Waals surface area contributed by atoms with Gasteiger partial charge in [0.1, 0.15) is 6.04 Å². The molecule has 33 heavy (non-hydrogen) atoms. The Labute approximate surface area is 195 Å². The fourth-order valence-electron chi connectivity index (χ4n) is 3.63. The van der Waals surface area contributed by atoms with Gasteiger partial charge in [0.25, 0.3) is 11.6 Å². The van der Waals surface area contributed by atoms with Crippen molar-refractivity contribution < 1.29 is 9.72 Å². The van der Waals surface area contributed by atoms with Crippen LogP contribution >= 0.6 is 11.8 Å². The van der Waals surface area contributed by atoms with E-state index in [-0.39, 0.29) is 11.6 Å². The highest BCUT2D eigenvalue weighted by Crippen LogP contribution is 2.37. The Morgan fingerprint density at radius 1 is 1.24 bits per heavy atom. The van der Waals surface area contributed by atoms with Gasteiger partial charge in [-0.3, -0.25) is 14.9 Å². The van der Waals surface area contributed by atoms with Crippen molar-refractivity contribution in [3.63, 3.8) is 0 Å². The van der Waals surface area contributed by atoms with Crippen LogP contribution in [0.4, 0.5) is 17.3 Å². The van der Waals surface area contributed by atoms with Crippen molar-refractivity contribution in [1.82, 2.24) is 14.8 Å². The summed E-state index contributed by atoms with van der Waals surface area (Å²) in [4.78, 5) is 29.0. The second kappa shape index (κ2) is 9.45. The number of allylic oxidation sites excluding steroid dienone is 1. The molecule has 0 bridgehead atoms. The number of hydrogen-bond donors (Lipinski definition) is 2. The average molecular weight is 465 g/mol. The highest BCUT2D eigenvalue weighted by Gasteiger charge is 2.35. The number of amides is 1. The third kappa shape index (κ3) is 4.75. The maximum Gasteiger partial charge on any atom is 0.269 e. The largest absolute Gasteiger partial charge is 0.328 e. The highest BCUT2D eigenvalue weighted by atomic mass is 32.2. The molecule has 1 aliphatic heterocycles. The first kappa shape index (κ1) is 22.5. The molecule has 2 N–H and O–H groups in total. The minimum absolute atomic E-state index is 0.0516. The first-order chi connectivity index (χ1) is 15.9. The topological polar surface area (TPSA) is 115 Å². The van der Waals surface area contributed by atoms with Crippen molar-refractivity contribution in [2.75, 3.05) is 16.4 Å². The molecule has 170 valence electrons. The molecule has 3 aromatic rings. The van der Waals surface area contributed by atoms with Crippen molar-refractivity contribution in [1.29, 1.82) is 0 Å². The maximum absolute atomic E-state index is 13.4. The summed E-state index contributed by atoms with van der Waals surface area (Å²) in [5, 5.41) is 22.8. The Hall–Kier alpha value is -3.66. The molecule has 4 rings (SSSR count). The van der Waals surface area contributed by atoms with E-state index < -0.39 is 11.0 Å². The maximum atomic E-state index is 13.4. The molecular weight excluding hydrogens is 440 g/mol. The Balaban J connectivity index is 1.78. The van der Waals surface area contributed by atoms with E-state index in [9.17, 15) is 14.9 Å². The summed E-state index contributed by atoms with van der Waals surface area (Å²) in [6.07, 6.45) is 0.970. The number of carbonyl (C=O) groups is 1.